The third-order valence-corrected chi connectivity index (χ3v) is 4.24. The number of Topliss-reactive ketones (excluding diaryl/α,β-unsaturated/α-hetero) is 1. The van der Waals surface area contributed by atoms with Gasteiger partial charge in [-0.15, -0.1) is 0 Å². The minimum Gasteiger partial charge on any atom is -0.291 e. The van der Waals surface area contributed by atoms with Crippen LogP contribution in [0.3, 0.4) is 0 Å². The van der Waals surface area contributed by atoms with Crippen LogP contribution in [-0.4, -0.2) is 34.1 Å². The third kappa shape index (κ3) is 2.42. The molecule has 1 saturated carbocycles. The number of carbonyl (C=O) groups excluding carboxylic acids is 1. The van der Waals surface area contributed by atoms with Crippen molar-refractivity contribution in [2.45, 2.75) is 56.2 Å². The number of ketones is 1. The Labute approximate surface area is 125 Å². The van der Waals surface area contributed by atoms with Crippen LogP contribution in [0.25, 0.3) is 0 Å². The van der Waals surface area contributed by atoms with Gasteiger partial charge in [-0.25, -0.2) is 17.6 Å². The lowest BCUT2D eigenvalue weighted by Crippen LogP contribution is -2.30. The first-order valence-electron chi connectivity index (χ1n) is 6.93. The SMILES string of the molecule is O=C1c2c(C(F)(F)F)nn([C@H]3CC[C@H](F)[C@H](F)C3)c2[C@H](F)[C@H]1F. The Kier molecular flexibility index (Phi) is 3.68. The van der Waals surface area contributed by atoms with Gasteiger partial charge < -0.3 is 0 Å². The number of fused-ring (bicyclic) bond motifs is 1. The number of carbonyl (C=O) groups is 1. The molecule has 0 amide bonds. The molecule has 1 aromatic heterocycles. The van der Waals surface area contributed by atoms with Crippen LogP contribution >= 0.6 is 0 Å². The van der Waals surface area contributed by atoms with E-state index in [2.05, 4.69) is 5.10 Å². The molecule has 1 heterocycles. The molecular formula is C13H11F7N2O. The molecule has 0 unspecified atom stereocenters. The van der Waals surface area contributed by atoms with Crippen molar-refractivity contribution in [2.24, 2.45) is 0 Å². The van der Waals surface area contributed by atoms with Gasteiger partial charge in [0.2, 0.25) is 5.78 Å². The number of alkyl halides is 7. The van der Waals surface area contributed by atoms with E-state index in [9.17, 15) is 35.5 Å². The van der Waals surface area contributed by atoms with Gasteiger partial charge >= 0.3 is 6.18 Å². The van der Waals surface area contributed by atoms with E-state index in [1.54, 1.807) is 0 Å². The Bertz CT molecular complexity index is 641. The molecule has 23 heavy (non-hydrogen) atoms. The molecule has 0 bridgehead atoms. The van der Waals surface area contributed by atoms with E-state index in [1.165, 1.54) is 0 Å². The van der Waals surface area contributed by atoms with E-state index in [0.29, 0.717) is 4.68 Å². The fraction of sp³-hybridized carbons (Fsp3) is 0.692. The van der Waals surface area contributed by atoms with Crippen molar-refractivity contribution >= 4 is 5.78 Å². The fourth-order valence-corrected chi connectivity index (χ4v) is 3.12. The molecule has 3 nitrogen and oxygen atoms in total. The molecule has 2 aliphatic carbocycles. The van der Waals surface area contributed by atoms with Crippen molar-refractivity contribution in [1.29, 1.82) is 0 Å². The maximum Gasteiger partial charge on any atom is 0.435 e. The lowest BCUT2D eigenvalue weighted by molar-refractivity contribution is -0.142. The molecule has 0 spiro atoms. The molecule has 0 aromatic carbocycles. The van der Waals surface area contributed by atoms with Crippen LogP contribution in [0.5, 0.6) is 0 Å². The highest BCUT2D eigenvalue weighted by molar-refractivity contribution is 6.05. The van der Waals surface area contributed by atoms with E-state index in [-0.39, 0.29) is 12.8 Å². The van der Waals surface area contributed by atoms with E-state index in [1.807, 2.05) is 0 Å². The zero-order chi connectivity index (χ0) is 17.1. The summed E-state index contributed by atoms with van der Waals surface area (Å²) in [6, 6.07) is -1.06. The molecule has 0 saturated heterocycles. The molecule has 2 aliphatic rings. The van der Waals surface area contributed by atoms with Gasteiger partial charge in [0.1, 0.15) is 12.3 Å². The van der Waals surface area contributed by atoms with Crippen molar-refractivity contribution in [3.63, 3.8) is 0 Å². The van der Waals surface area contributed by atoms with Crippen LogP contribution in [0.4, 0.5) is 30.7 Å². The Hall–Kier alpha value is -1.61. The van der Waals surface area contributed by atoms with Crippen molar-refractivity contribution in [1.82, 2.24) is 9.78 Å². The van der Waals surface area contributed by atoms with Crippen LogP contribution < -0.4 is 0 Å². The first kappa shape index (κ1) is 16.3. The number of aromatic nitrogens is 2. The lowest BCUT2D eigenvalue weighted by Gasteiger charge is -2.28. The molecule has 10 heteroatoms. The Morgan fingerprint density at radius 2 is 1.65 bits per heavy atom. The predicted octanol–water partition coefficient (Wildman–Crippen LogP) is 3.85. The number of halogens is 7. The first-order chi connectivity index (χ1) is 10.6. The minimum absolute atomic E-state index is 0.0785. The summed E-state index contributed by atoms with van der Waals surface area (Å²) in [5, 5.41) is 3.20. The normalized spacial score (nSPS) is 34.7. The molecular weight excluding hydrogens is 333 g/mol. The van der Waals surface area contributed by atoms with Crippen LogP contribution in [0.1, 0.15) is 53.2 Å². The molecule has 128 valence electrons. The molecule has 0 aliphatic heterocycles. The maximum atomic E-state index is 14.0. The fourth-order valence-electron chi connectivity index (χ4n) is 3.12. The van der Waals surface area contributed by atoms with Crippen LogP contribution in [-0.2, 0) is 6.18 Å². The summed E-state index contributed by atoms with van der Waals surface area (Å²) in [7, 11) is 0. The van der Waals surface area contributed by atoms with E-state index in [0.717, 1.165) is 0 Å². The topological polar surface area (TPSA) is 34.9 Å². The molecule has 0 radical (unpaired) electrons. The molecule has 0 N–H and O–H groups in total. The van der Waals surface area contributed by atoms with Gasteiger partial charge in [-0.2, -0.15) is 18.3 Å². The third-order valence-electron chi connectivity index (χ3n) is 4.24. The number of rotatable bonds is 1. The Morgan fingerprint density at radius 3 is 2.22 bits per heavy atom. The summed E-state index contributed by atoms with van der Waals surface area (Å²) >= 11 is 0. The number of nitrogens with zero attached hydrogens (tertiary/aromatic N) is 2. The van der Waals surface area contributed by atoms with Gasteiger partial charge in [0.25, 0.3) is 0 Å². The monoisotopic (exact) mass is 344 g/mol. The summed E-state index contributed by atoms with van der Waals surface area (Å²) in [6.07, 6.45) is -15.0. The lowest BCUT2D eigenvalue weighted by atomic mass is 9.92. The van der Waals surface area contributed by atoms with E-state index in [4.69, 9.17) is 0 Å². The van der Waals surface area contributed by atoms with E-state index < -0.39 is 66.1 Å². The number of hydrogen-bond acceptors (Lipinski definition) is 2. The van der Waals surface area contributed by atoms with Crippen LogP contribution in [0.2, 0.25) is 0 Å². The highest BCUT2D eigenvalue weighted by Crippen LogP contribution is 2.45. The highest BCUT2D eigenvalue weighted by atomic mass is 19.4. The van der Waals surface area contributed by atoms with E-state index >= 15 is 0 Å². The zero-order valence-electron chi connectivity index (χ0n) is 11.5. The summed E-state index contributed by atoms with van der Waals surface area (Å²) in [6.45, 7) is 0. The van der Waals surface area contributed by atoms with Crippen molar-refractivity contribution in [3.8, 4) is 0 Å². The largest absolute Gasteiger partial charge is 0.435 e. The zero-order valence-corrected chi connectivity index (χ0v) is 11.5. The van der Waals surface area contributed by atoms with Crippen LogP contribution in [0, 0.1) is 0 Å². The second-order valence-corrected chi connectivity index (χ2v) is 5.72. The van der Waals surface area contributed by atoms with Gasteiger partial charge in [-0.3, -0.25) is 9.48 Å². The summed E-state index contributed by atoms with van der Waals surface area (Å²) in [5.74, 6) is -1.62. The Balaban J connectivity index is 2.09. The van der Waals surface area contributed by atoms with Crippen molar-refractivity contribution in [3.05, 3.63) is 17.0 Å². The second-order valence-electron chi connectivity index (χ2n) is 5.72. The maximum absolute atomic E-state index is 14.0. The standard InChI is InChI=1S/C13H11F7N2O/c14-5-2-1-4(3-6(5)15)22-10-7(11(23)9(17)8(10)16)12(21-22)13(18,19)20/h4-6,8-9H,1-3H2/t4-,5-,6+,8+,9+/m0/s1. The first-order valence-corrected chi connectivity index (χ1v) is 6.93. The van der Waals surface area contributed by atoms with Crippen molar-refractivity contribution < 1.29 is 35.5 Å². The molecule has 1 fully saturated rings. The summed E-state index contributed by atoms with van der Waals surface area (Å²) in [4.78, 5) is 11.6. The van der Waals surface area contributed by atoms with Gasteiger partial charge in [0.05, 0.1) is 17.3 Å². The smallest absolute Gasteiger partial charge is 0.291 e. The average Bonchev–Trinajstić information content (AvgIpc) is 2.96. The average molecular weight is 344 g/mol. The van der Waals surface area contributed by atoms with Gasteiger partial charge in [0, 0.05) is 6.42 Å². The molecule has 5 atom stereocenters. The summed E-state index contributed by atoms with van der Waals surface area (Å²) < 4.78 is 93.6. The second kappa shape index (κ2) is 5.20. The predicted molar refractivity (Wildman–Crippen MR) is 63.0 cm³/mol. The highest BCUT2D eigenvalue weighted by Gasteiger charge is 2.52. The molecule has 3 rings (SSSR count). The summed E-state index contributed by atoms with van der Waals surface area (Å²) in [5.41, 5.74) is -3.65. The van der Waals surface area contributed by atoms with Crippen LogP contribution in [0.15, 0.2) is 0 Å². The van der Waals surface area contributed by atoms with Gasteiger partial charge in [-0.1, -0.05) is 0 Å². The van der Waals surface area contributed by atoms with Gasteiger partial charge in [0.15, 0.2) is 18.0 Å². The van der Waals surface area contributed by atoms with Crippen molar-refractivity contribution in [2.75, 3.05) is 0 Å². The molecule has 1 aromatic rings. The quantitative estimate of drug-likeness (QED) is 0.726. The number of hydrogen-bond donors (Lipinski definition) is 0. The Morgan fingerprint density at radius 1 is 1.00 bits per heavy atom. The van der Waals surface area contributed by atoms with Gasteiger partial charge in [-0.05, 0) is 12.8 Å². The minimum atomic E-state index is -5.08.